The van der Waals surface area contributed by atoms with Gasteiger partial charge in [-0.05, 0) is 30.7 Å². The van der Waals surface area contributed by atoms with Gasteiger partial charge in [-0.1, -0.05) is 15.9 Å². The lowest BCUT2D eigenvalue weighted by molar-refractivity contribution is 0.475. The highest BCUT2D eigenvalue weighted by molar-refractivity contribution is 9.09. The molecule has 0 unspecified atom stereocenters. The van der Waals surface area contributed by atoms with Crippen molar-refractivity contribution in [3.05, 3.63) is 35.0 Å². The number of aryl methyl sites for hydroxylation is 1. The molecule has 0 saturated carbocycles. The molecule has 0 fully saturated rings. The van der Waals surface area contributed by atoms with E-state index in [0.29, 0.717) is 5.75 Å². The van der Waals surface area contributed by atoms with Crippen LogP contribution in [0.5, 0.6) is 5.75 Å². The van der Waals surface area contributed by atoms with E-state index in [0.717, 1.165) is 29.6 Å². The van der Waals surface area contributed by atoms with E-state index in [1.165, 1.54) is 16.8 Å². The van der Waals surface area contributed by atoms with Gasteiger partial charge in [0.2, 0.25) is 0 Å². The summed E-state index contributed by atoms with van der Waals surface area (Å²) < 4.78 is 2.05. The predicted molar refractivity (Wildman–Crippen MR) is 70.7 cm³/mol. The summed E-state index contributed by atoms with van der Waals surface area (Å²) in [4.78, 5) is 0. The Bertz CT molecular complexity index is 589. The van der Waals surface area contributed by atoms with E-state index in [4.69, 9.17) is 0 Å². The summed E-state index contributed by atoms with van der Waals surface area (Å²) in [6, 6.07) is 5.53. The van der Waals surface area contributed by atoms with Gasteiger partial charge in [0.25, 0.3) is 0 Å². The number of halogens is 1. The van der Waals surface area contributed by atoms with Crippen molar-refractivity contribution in [2.45, 2.75) is 19.9 Å². The second-order valence-electron chi connectivity index (χ2n) is 4.34. The number of aromatic hydroxyl groups is 1. The Labute approximate surface area is 108 Å². The third kappa shape index (κ3) is 1.59. The van der Waals surface area contributed by atoms with Crippen LogP contribution in [0.15, 0.2) is 18.2 Å². The summed E-state index contributed by atoms with van der Waals surface area (Å²) in [5.41, 5.74) is 5.95. The highest BCUT2D eigenvalue weighted by Crippen LogP contribution is 2.38. The Hall–Kier alpha value is -1.29. The standard InChI is InChI=1S/C13H13BrN2O/c1-8-12-7-9-6-10(17)2-3-11(9)13(12)15-16(8)5-4-14/h2-3,6,17H,4-5,7H2,1H3. The van der Waals surface area contributed by atoms with Gasteiger partial charge in [0.05, 0.1) is 12.2 Å². The van der Waals surface area contributed by atoms with Crippen LogP contribution in [0.2, 0.25) is 0 Å². The molecule has 0 atom stereocenters. The largest absolute Gasteiger partial charge is 0.508 e. The van der Waals surface area contributed by atoms with Gasteiger partial charge in [-0.3, -0.25) is 4.68 Å². The van der Waals surface area contributed by atoms with E-state index in [2.05, 4.69) is 32.6 Å². The molecule has 3 rings (SSSR count). The molecular weight excluding hydrogens is 280 g/mol. The molecule has 17 heavy (non-hydrogen) atoms. The van der Waals surface area contributed by atoms with Gasteiger partial charge in [-0.15, -0.1) is 0 Å². The van der Waals surface area contributed by atoms with Gasteiger partial charge < -0.3 is 5.11 Å². The maximum atomic E-state index is 9.49. The van der Waals surface area contributed by atoms with Crippen LogP contribution in [-0.2, 0) is 13.0 Å². The Morgan fingerprint density at radius 1 is 1.47 bits per heavy atom. The molecular formula is C13H13BrN2O. The third-order valence-electron chi connectivity index (χ3n) is 3.34. The number of benzene rings is 1. The molecule has 4 heteroatoms. The fourth-order valence-electron chi connectivity index (χ4n) is 2.46. The second-order valence-corrected chi connectivity index (χ2v) is 5.14. The SMILES string of the molecule is Cc1c2c(nn1CCBr)-c1ccc(O)cc1C2. The number of aromatic nitrogens is 2. The van der Waals surface area contributed by atoms with Gasteiger partial charge >= 0.3 is 0 Å². The number of phenolic OH excluding ortho intramolecular Hbond substituents is 1. The summed E-state index contributed by atoms with van der Waals surface area (Å²) in [5.74, 6) is 0.333. The summed E-state index contributed by atoms with van der Waals surface area (Å²) >= 11 is 3.44. The molecule has 88 valence electrons. The Kier molecular flexibility index (Phi) is 2.47. The molecule has 1 aliphatic carbocycles. The minimum absolute atomic E-state index is 0.333. The zero-order chi connectivity index (χ0) is 12.0. The van der Waals surface area contributed by atoms with Crippen molar-refractivity contribution in [3.63, 3.8) is 0 Å². The fourth-order valence-corrected chi connectivity index (χ4v) is 2.79. The van der Waals surface area contributed by atoms with Gasteiger partial charge in [0, 0.05) is 28.6 Å². The topological polar surface area (TPSA) is 38.0 Å². The van der Waals surface area contributed by atoms with Crippen LogP contribution < -0.4 is 0 Å². The number of rotatable bonds is 2. The van der Waals surface area contributed by atoms with Crippen LogP contribution in [-0.4, -0.2) is 20.2 Å². The lowest BCUT2D eigenvalue weighted by atomic mass is 10.1. The van der Waals surface area contributed by atoms with Crippen molar-refractivity contribution < 1.29 is 5.11 Å². The number of hydrogen-bond acceptors (Lipinski definition) is 2. The third-order valence-corrected chi connectivity index (χ3v) is 3.69. The second kappa shape index (κ2) is 3.88. The first-order chi connectivity index (χ1) is 8.20. The van der Waals surface area contributed by atoms with Gasteiger partial charge in [0.1, 0.15) is 5.75 Å². The van der Waals surface area contributed by atoms with Crippen LogP contribution >= 0.6 is 15.9 Å². The van der Waals surface area contributed by atoms with Crippen LogP contribution in [0, 0.1) is 6.92 Å². The van der Waals surface area contributed by atoms with E-state index in [9.17, 15) is 5.11 Å². The predicted octanol–water partition coefficient (Wildman–Crippen LogP) is 2.86. The summed E-state index contributed by atoms with van der Waals surface area (Å²) in [7, 11) is 0. The molecule has 0 spiro atoms. The van der Waals surface area contributed by atoms with Crippen molar-refractivity contribution in [2.75, 3.05) is 5.33 Å². The van der Waals surface area contributed by atoms with Crippen LogP contribution in [0.25, 0.3) is 11.3 Å². The van der Waals surface area contributed by atoms with E-state index < -0.39 is 0 Å². The Balaban J connectivity index is 2.12. The monoisotopic (exact) mass is 292 g/mol. The maximum Gasteiger partial charge on any atom is 0.115 e. The highest BCUT2D eigenvalue weighted by atomic mass is 79.9. The quantitative estimate of drug-likeness (QED) is 0.738. The minimum Gasteiger partial charge on any atom is -0.508 e. The summed E-state index contributed by atoms with van der Waals surface area (Å²) in [6.07, 6.45) is 0.882. The fraction of sp³-hybridized carbons (Fsp3) is 0.308. The average molecular weight is 293 g/mol. The summed E-state index contributed by atoms with van der Waals surface area (Å²) in [5, 5.41) is 15.1. The molecule has 3 nitrogen and oxygen atoms in total. The van der Waals surface area contributed by atoms with Crippen molar-refractivity contribution in [3.8, 4) is 17.0 Å². The molecule has 0 saturated heterocycles. The Morgan fingerprint density at radius 2 is 2.29 bits per heavy atom. The lowest BCUT2D eigenvalue weighted by Gasteiger charge is -2.04. The first-order valence-electron chi connectivity index (χ1n) is 5.65. The normalized spacial score (nSPS) is 12.6. The summed E-state index contributed by atoms with van der Waals surface area (Å²) in [6.45, 7) is 3.01. The molecule has 1 aromatic heterocycles. The molecule has 0 radical (unpaired) electrons. The van der Waals surface area contributed by atoms with Crippen molar-refractivity contribution in [1.29, 1.82) is 0 Å². The maximum absolute atomic E-state index is 9.49. The zero-order valence-electron chi connectivity index (χ0n) is 9.57. The van der Waals surface area contributed by atoms with Crippen molar-refractivity contribution in [2.24, 2.45) is 0 Å². The van der Waals surface area contributed by atoms with Crippen LogP contribution in [0.3, 0.4) is 0 Å². The molecule has 0 amide bonds. The number of hydrogen-bond donors (Lipinski definition) is 1. The molecule has 1 heterocycles. The van der Waals surface area contributed by atoms with Crippen LogP contribution in [0.1, 0.15) is 16.8 Å². The smallest absolute Gasteiger partial charge is 0.115 e. The number of nitrogens with zero attached hydrogens (tertiary/aromatic N) is 2. The van der Waals surface area contributed by atoms with Gasteiger partial charge in [0.15, 0.2) is 0 Å². The molecule has 0 aliphatic heterocycles. The molecule has 1 aliphatic rings. The number of alkyl halides is 1. The van der Waals surface area contributed by atoms with E-state index >= 15 is 0 Å². The van der Waals surface area contributed by atoms with Crippen LogP contribution in [0.4, 0.5) is 0 Å². The Morgan fingerprint density at radius 3 is 3.06 bits per heavy atom. The number of fused-ring (bicyclic) bond motifs is 3. The average Bonchev–Trinajstić information content (AvgIpc) is 2.78. The number of phenols is 1. The van der Waals surface area contributed by atoms with Gasteiger partial charge in [-0.2, -0.15) is 5.10 Å². The lowest BCUT2D eigenvalue weighted by Crippen LogP contribution is -2.04. The first-order valence-corrected chi connectivity index (χ1v) is 6.77. The molecule has 1 N–H and O–H groups in total. The minimum atomic E-state index is 0.333. The van der Waals surface area contributed by atoms with Gasteiger partial charge in [-0.25, -0.2) is 0 Å². The highest BCUT2D eigenvalue weighted by Gasteiger charge is 2.25. The zero-order valence-corrected chi connectivity index (χ0v) is 11.2. The molecule has 1 aromatic carbocycles. The first kappa shape index (κ1) is 10.8. The molecule has 2 aromatic rings. The van der Waals surface area contributed by atoms with E-state index in [1.54, 1.807) is 6.07 Å². The van der Waals surface area contributed by atoms with E-state index in [1.807, 2.05) is 12.1 Å². The van der Waals surface area contributed by atoms with E-state index in [-0.39, 0.29) is 0 Å². The van der Waals surface area contributed by atoms with Crippen molar-refractivity contribution in [1.82, 2.24) is 9.78 Å². The molecule has 0 bridgehead atoms. The van der Waals surface area contributed by atoms with Crippen molar-refractivity contribution >= 4 is 15.9 Å².